The highest BCUT2D eigenvalue weighted by molar-refractivity contribution is 5.80. The summed E-state index contributed by atoms with van der Waals surface area (Å²) in [6.07, 6.45) is 3.36. The number of hydrogen-bond acceptors (Lipinski definition) is 5. The van der Waals surface area contributed by atoms with Crippen LogP contribution in [0.3, 0.4) is 0 Å². The molecule has 1 rings (SSSR count). The topological polar surface area (TPSA) is 78.9 Å². The number of rotatable bonds is 8. The first-order chi connectivity index (χ1) is 9.58. The molecule has 0 bridgehead atoms. The number of nitrogens with one attached hydrogen (secondary N) is 3. The minimum atomic E-state index is -0.0224. The molecule has 1 aromatic rings. The number of amides is 1. The molecule has 1 amide bonds. The fourth-order valence-corrected chi connectivity index (χ4v) is 1.81. The van der Waals surface area contributed by atoms with Crippen molar-refractivity contribution in [3.63, 3.8) is 0 Å². The Morgan fingerprint density at radius 3 is 2.60 bits per heavy atom. The van der Waals surface area contributed by atoms with E-state index in [0.717, 1.165) is 30.0 Å². The predicted molar refractivity (Wildman–Crippen MR) is 81.9 cm³/mol. The van der Waals surface area contributed by atoms with Gasteiger partial charge in [-0.25, -0.2) is 9.97 Å². The predicted octanol–water partition coefficient (Wildman–Crippen LogP) is 1.65. The first-order valence-corrected chi connectivity index (χ1v) is 7.10. The number of hydrogen-bond donors (Lipinski definition) is 3. The van der Waals surface area contributed by atoms with Crippen LogP contribution in [0.15, 0.2) is 6.33 Å². The Labute approximate surface area is 120 Å². The van der Waals surface area contributed by atoms with Gasteiger partial charge in [-0.1, -0.05) is 27.2 Å². The Balaban J connectivity index is 2.65. The zero-order valence-electron chi connectivity index (χ0n) is 12.8. The Morgan fingerprint density at radius 1 is 1.30 bits per heavy atom. The molecule has 0 saturated heterocycles. The second-order valence-electron chi connectivity index (χ2n) is 5.10. The van der Waals surface area contributed by atoms with Crippen LogP contribution >= 0.6 is 0 Å². The SMILES string of the molecule is CCCc1c(NC)ncnc1NCC(=O)NCC(C)C. The smallest absolute Gasteiger partial charge is 0.239 e. The lowest BCUT2D eigenvalue weighted by atomic mass is 10.1. The lowest BCUT2D eigenvalue weighted by molar-refractivity contribution is -0.119. The highest BCUT2D eigenvalue weighted by Crippen LogP contribution is 2.20. The Bertz CT molecular complexity index is 434. The molecular formula is C14H25N5O. The van der Waals surface area contributed by atoms with Gasteiger partial charge in [-0.15, -0.1) is 0 Å². The summed E-state index contributed by atoms with van der Waals surface area (Å²) in [5.41, 5.74) is 1.02. The van der Waals surface area contributed by atoms with E-state index < -0.39 is 0 Å². The summed E-state index contributed by atoms with van der Waals surface area (Å²) in [5.74, 6) is 1.97. The molecule has 0 aliphatic heterocycles. The molecule has 0 fully saturated rings. The fourth-order valence-electron chi connectivity index (χ4n) is 1.81. The monoisotopic (exact) mass is 279 g/mol. The van der Waals surface area contributed by atoms with E-state index in [0.29, 0.717) is 12.5 Å². The largest absolute Gasteiger partial charge is 0.373 e. The van der Waals surface area contributed by atoms with Gasteiger partial charge in [0, 0.05) is 19.2 Å². The molecule has 0 aliphatic rings. The minimum absolute atomic E-state index is 0.0224. The van der Waals surface area contributed by atoms with Gasteiger partial charge in [0.15, 0.2) is 0 Å². The van der Waals surface area contributed by atoms with Crippen LogP contribution in [0.25, 0.3) is 0 Å². The van der Waals surface area contributed by atoms with Gasteiger partial charge in [0.2, 0.25) is 5.91 Å². The molecule has 0 unspecified atom stereocenters. The van der Waals surface area contributed by atoms with Gasteiger partial charge in [0.1, 0.15) is 18.0 Å². The molecule has 6 nitrogen and oxygen atoms in total. The highest BCUT2D eigenvalue weighted by Gasteiger charge is 2.10. The second kappa shape index (κ2) is 8.35. The fraction of sp³-hybridized carbons (Fsp3) is 0.643. The molecule has 0 aromatic carbocycles. The summed E-state index contributed by atoms with van der Waals surface area (Å²) in [4.78, 5) is 20.1. The average molecular weight is 279 g/mol. The molecule has 112 valence electrons. The van der Waals surface area contributed by atoms with Crippen LogP contribution in [-0.2, 0) is 11.2 Å². The maximum Gasteiger partial charge on any atom is 0.239 e. The summed E-state index contributed by atoms with van der Waals surface area (Å²) in [6.45, 7) is 7.15. The van der Waals surface area contributed by atoms with Crippen molar-refractivity contribution in [1.29, 1.82) is 0 Å². The van der Waals surface area contributed by atoms with E-state index in [9.17, 15) is 4.79 Å². The van der Waals surface area contributed by atoms with Crippen molar-refractivity contribution in [2.24, 2.45) is 5.92 Å². The Kier molecular flexibility index (Phi) is 6.76. The van der Waals surface area contributed by atoms with E-state index in [2.05, 4.69) is 46.7 Å². The lowest BCUT2D eigenvalue weighted by Crippen LogP contribution is -2.32. The van der Waals surface area contributed by atoms with Gasteiger partial charge in [-0.3, -0.25) is 4.79 Å². The van der Waals surface area contributed by atoms with Crippen molar-refractivity contribution >= 4 is 17.5 Å². The Hall–Kier alpha value is -1.85. The third-order valence-corrected chi connectivity index (χ3v) is 2.81. The van der Waals surface area contributed by atoms with Gasteiger partial charge in [-0.05, 0) is 12.3 Å². The van der Waals surface area contributed by atoms with Crippen molar-refractivity contribution < 1.29 is 4.79 Å². The van der Waals surface area contributed by atoms with E-state index >= 15 is 0 Å². The van der Waals surface area contributed by atoms with Gasteiger partial charge >= 0.3 is 0 Å². The van der Waals surface area contributed by atoms with Gasteiger partial charge < -0.3 is 16.0 Å². The van der Waals surface area contributed by atoms with Crippen LogP contribution in [0.2, 0.25) is 0 Å². The quantitative estimate of drug-likeness (QED) is 0.674. The maximum absolute atomic E-state index is 11.7. The van der Waals surface area contributed by atoms with E-state index in [4.69, 9.17) is 0 Å². The van der Waals surface area contributed by atoms with Crippen molar-refractivity contribution in [3.05, 3.63) is 11.9 Å². The molecule has 3 N–H and O–H groups in total. The maximum atomic E-state index is 11.7. The van der Waals surface area contributed by atoms with Crippen molar-refractivity contribution in [2.75, 3.05) is 30.8 Å². The molecule has 0 atom stereocenters. The zero-order valence-corrected chi connectivity index (χ0v) is 12.8. The number of carbonyl (C=O) groups is 1. The molecule has 1 aromatic heterocycles. The highest BCUT2D eigenvalue weighted by atomic mass is 16.1. The van der Waals surface area contributed by atoms with E-state index in [1.807, 2.05) is 7.05 Å². The molecule has 20 heavy (non-hydrogen) atoms. The molecule has 0 saturated carbocycles. The number of carbonyl (C=O) groups excluding carboxylic acids is 1. The van der Waals surface area contributed by atoms with Crippen molar-refractivity contribution in [2.45, 2.75) is 33.6 Å². The zero-order chi connectivity index (χ0) is 15.0. The summed E-state index contributed by atoms with van der Waals surface area (Å²) in [5, 5.41) is 9.02. The molecule has 6 heteroatoms. The second-order valence-corrected chi connectivity index (χ2v) is 5.10. The molecule has 0 radical (unpaired) electrons. The van der Waals surface area contributed by atoms with Gasteiger partial charge in [-0.2, -0.15) is 0 Å². The van der Waals surface area contributed by atoms with Crippen LogP contribution in [0, 0.1) is 5.92 Å². The van der Waals surface area contributed by atoms with E-state index in [-0.39, 0.29) is 12.5 Å². The third kappa shape index (κ3) is 5.03. The van der Waals surface area contributed by atoms with Crippen molar-refractivity contribution in [1.82, 2.24) is 15.3 Å². The number of nitrogens with zero attached hydrogens (tertiary/aromatic N) is 2. The van der Waals surface area contributed by atoms with Gasteiger partial charge in [0.05, 0.1) is 6.54 Å². The van der Waals surface area contributed by atoms with Crippen LogP contribution in [0.5, 0.6) is 0 Å². The summed E-state index contributed by atoms with van der Waals surface area (Å²) in [6, 6.07) is 0. The first-order valence-electron chi connectivity index (χ1n) is 7.10. The normalized spacial score (nSPS) is 10.4. The molecular weight excluding hydrogens is 254 g/mol. The Morgan fingerprint density at radius 2 is 2.00 bits per heavy atom. The van der Waals surface area contributed by atoms with Crippen LogP contribution in [0.4, 0.5) is 11.6 Å². The van der Waals surface area contributed by atoms with Crippen molar-refractivity contribution in [3.8, 4) is 0 Å². The number of anilines is 2. The average Bonchev–Trinajstić information content (AvgIpc) is 2.44. The molecule has 1 heterocycles. The molecule has 0 spiro atoms. The first kappa shape index (κ1) is 16.2. The van der Waals surface area contributed by atoms with E-state index in [1.54, 1.807) is 0 Å². The summed E-state index contributed by atoms with van der Waals surface area (Å²) in [7, 11) is 1.83. The van der Waals surface area contributed by atoms with Crippen LogP contribution in [-0.4, -0.2) is 36.0 Å². The summed E-state index contributed by atoms with van der Waals surface area (Å²) >= 11 is 0. The van der Waals surface area contributed by atoms with Crippen LogP contribution in [0.1, 0.15) is 32.8 Å². The number of aromatic nitrogens is 2. The van der Waals surface area contributed by atoms with Crippen LogP contribution < -0.4 is 16.0 Å². The minimum Gasteiger partial charge on any atom is -0.373 e. The standard InChI is InChI=1S/C14H25N5O/c1-5-6-11-13(15-4)18-9-19-14(11)17-8-12(20)16-7-10(2)3/h9-10H,5-8H2,1-4H3,(H,16,20)(H2,15,17,18,19). The third-order valence-electron chi connectivity index (χ3n) is 2.81. The molecule has 0 aliphatic carbocycles. The van der Waals surface area contributed by atoms with Gasteiger partial charge in [0.25, 0.3) is 0 Å². The summed E-state index contributed by atoms with van der Waals surface area (Å²) < 4.78 is 0. The van der Waals surface area contributed by atoms with E-state index in [1.165, 1.54) is 6.33 Å². The lowest BCUT2D eigenvalue weighted by Gasteiger charge is -2.14.